The van der Waals surface area contributed by atoms with Gasteiger partial charge in [0.15, 0.2) is 5.78 Å². The lowest BCUT2D eigenvalue weighted by molar-refractivity contribution is -0.116. The summed E-state index contributed by atoms with van der Waals surface area (Å²) >= 11 is 1.65. The molecular formula is C20H17N3O3S. The number of aromatic nitrogens is 2. The Kier molecular flexibility index (Phi) is 3.58. The number of anilines is 1. The van der Waals surface area contributed by atoms with Crippen LogP contribution in [-0.2, 0) is 4.79 Å². The van der Waals surface area contributed by atoms with Crippen molar-refractivity contribution in [2.45, 2.75) is 24.7 Å². The maximum Gasteiger partial charge on any atom is 0.270 e. The van der Waals surface area contributed by atoms with Crippen molar-refractivity contribution in [3.8, 4) is 5.75 Å². The number of H-pyrrole nitrogens is 2. The number of nitrogens with one attached hydrogen (secondary N) is 3. The number of aromatic hydroxyl groups is 1. The van der Waals surface area contributed by atoms with E-state index < -0.39 is 5.92 Å². The highest BCUT2D eigenvalue weighted by Gasteiger charge is 2.41. The Morgan fingerprint density at radius 1 is 1.04 bits per heavy atom. The third kappa shape index (κ3) is 2.46. The van der Waals surface area contributed by atoms with Crippen LogP contribution >= 0.6 is 11.3 Å². The molecule has 3 aromatic rings. The number of ketones is 1. The fourth-order valence-electron chi connectivity index (χ4n) is 4.19. The molecule has 1 aliphatic carbocycles. The molecular weight excluding hydrogens is 362 g/mol. The Labute approximate surface area is 158 Å². The number of hydrogen-bond donors (Lipinski definition) is 4. The third-order valence-electron chi connectivity index (χ3n) is 5.37. The first kappa shape index (κ1) is 16.1. The van der Waals surface area contributed by atoms with Crippen molar-refractivity contribution < 1.29 is 9.90 Å². The number of aromatic amines is 2. The molecule has 0 spiro atoms. The van der Waals surface area contributed by atoms with Gasteiger partial charge in [-0.25, -0.2) is 0 Å². The van der Waals surface area contributed by atoms with Gasteiger partial charge in [-0.2, -0.15) is 0 Å². The summed E-state index contributed by atoms with van der Waals surface area (Å²) < 4.78 is 0. The monoisotopic (exact) mass is 379 g/mol. The topological polar surface area (TPSA) is 98.0 Å². The first-order valence-electron chi connectivity index (χ1n) is 8.78. The van der Waals surface area contributed by atoms with Crippen LogP contribution in [0.4, 0.5) is 5.82 Å². The molecule has 1 aromatic carbocycles. The van der Waals surface area contributed by atoms with Crippen molar-refractivity contribution in [2.75, 3.05) is 5.32 Å². The van der Waals surface area contributed by atoms with Crippen molar-refractivity contribution in [2.24, 2.45) is 0 Å². The molecule has 0 bridgehead atoms. The molecule has 2 atom stereocenters. The van der Waals surface area contributed by atoms with Gasteiger partial charge >= 0.3 is 0 Å². The van der Waals surface area contributed by atoms with Crippen molar-refractivity contribution in [1.82, 2.24) is 10.2 Å². The van der Waals surface area contributed by atoms with Crippen LogP contribution in [0.15, 0.2) is 57.8 Å². The van der Waals surface area contributed by atoms with Gasteiger partial charge < -0.3 is 10.4 Å². The number of allylic oxidation sites excluding steroid dienone is 2. The molecule has 1 aliphatic heterocycles. The van der Waals surface area contributed by atoms with Crippen LogP contribution in [0.3, 0.4) is 0 Å². The van der Waals surface area contributed by atoms with Crippen LogP contribution < -0.4 is 10.9 Å². The summed E-state index contributed by atoms with van der Waals surface area (Å²) in [5.74, 6) is 0.203. The summed E-state index contributed by atoms with van der Waals surface area (Å²) in [5.41, 5.74) is 2.13. The summed E-state index contributed by atoms with van der Waals surface area (Å²) in [6, 6.07) is 10.9. The fourth-order valence-corrected chi connectivity index (χ4v) is 5.02. The Morgan fingerprint density at radius 2 is 1.89 bits per heavy atom. The Balaban J connectivity index is 1.68. The zero-order valence-electron chi connectivity index (χ0n) is 14.3. The number of rotatable bonds is 2. The van der Waals surface area contributed by atoms with Gasteiger partial charge in [0.2, 0.25) is 0 Å². The van der Waals surface area contributed by atoms with Crippen molar-refractivity contribution >= 4 is 22.9 Å². The molecule has 5 rings (SSSR count). The number of thiophene rings is 1. The van der Waals surface area contributed by atoms with E-state index in [1.807, 2.05) is 11.4 Å². The van der Waals surface area contributed by atoms with Crippen LogP contribution in [0.5, 0.6) is 5.75 Å². The molecule has 0 saturated carbocycles. The molecule has 0 unspecified atom stereocenters. The standard InChI is InChI=1S/C20H17N3O3S/c24-13-5-2-1-4-11(13)16-17-12(21-19-18(16)20(26)23-22-19)8-10(9-14(17)25)15-6-3-7-27-15/h1-7,10,16,24H,8-9H2,(H3,21,22,23,26)/t10-,16-/m1/s1. The van der Waals surface area contributed by atoms with E-state index >= 15 is 0 Å². The molecule has 0 radical (unpaired) electrons. The second kappa shape index (κ2) is 5.99. The molecule has 0 fully saturated rings. The SMILES string of the molecule is O=C1C[C@H](c2cccs2)CC2=C1[C@@H](c1ccccc1O)c1c([nH][nH]c1=O)N2. The van der Waals surface area contributed by atoms with Crippen LogP contribution in [0.2, 0.25) is 0 Å². The molecule has 136 valence electrons. The molecule has 2 aliphatic rings. The first-order chi connectivity index (χ1) is 13.1. The number of phenolic OH excluding ortho intramolecular Hbond substituents is 1. The van der Waals surface area contributed by atoms with Gasteiger partial charge in [-0.3, -0.25) is 19.8 Å². The zero-order valence-corrected chi connectivity index (χ0v) is 15.1. The number of benzene rings is 1. The van der Waals surface area contributed by atoms with Gasteiger partial charge in [-0.1, -0.05) is 24.3 Å². The lowest BCUT2D eigenvalue weighted by Gasteiger charge is -2.34. The lowest BCUT2D eigenvalue weighted by Crippen LogP contribution is -2.31. The van der Waals surface area contributed by atoms with Gasteiger partial charge in [0.25, 0.3) is 5.56 Å². The van der Waals surface area contributed by atoms with E-state index in [0.717, 1.165) is 5.70 Å². The Hall–Kier alpha value is -3.06. The van der Waals surface area contributed by atoms with Crippen molar-refractivity contribution in [1.29, 1.82) is 0 Å². The van der Waals surface area contributed by atoms with Crippen LogP contribution in [0.25, 0.3) is 0 Å². The number of hydrogen-bond acceptors (Lipinski definition) is 5. The van der Waals surface area contributed by atoms with E-state index in [-0.39, 0.29) is 23.0 Å². The van der Waals surface area contributed by atoms with E-state index in [0.29, 0.717) is 35.4 Å². The summed E-state index contributed by atoms with van der Waals surface area (Å²) in [6.45, 7) is 0. The maximum absolute atomic E-state index is 13.2. The van der Waals surface area contributed by atoms with Gasteiger partial charge in [-0.05, 0) is 23.9 Å². The highest BCUT2D eigenvalue weighted by Crippen LogP contribution is 2.48. The van der Waals surface area contributed by atoms with Crippen molar-refractivity contribution in [3.05, 3.63) is 79.4 Å². The van der Waals surface area contributed by atoms with Gasteiger partial charge in [0.05, 0.1) is 11.5 Å². The molecule has 3 heterocycles. The van der Waals surface area contributed by atoms with Crippen LogP contribution in [0, 0.1) is 0 Å². The summed E-state index contributed by atoms with van der Waals surface area (Å²) in [7, 11) is 0. The summed E-state index contributed by atoms with van der Waals surface area (Å²) in [6.07, 6.45) is 1.10. The summed E-state index contributed by atoms with van der Waals surface area (Å²) in [5, 5.41) is 21.2. The van der Waals surface area contributed by atoms with Crippen LogP contribution in [0.1, 0.15) is 40.7 Å². The molecule has 0 saturated heterocycles. The molecule has 4 N–H and O–H groups in total. The minimum Gasteiger partial charge on any atom is -0.508 e. The number of fused-ring (bicyclic) bond motifs is 1. The van der Waals surface area contributed by atoms with Gasteiger partial charge in [-0.15, -0.1) is 11.3 Å². The molecule has 6 nitrogen and oxygen atoms in total. The molecule has 27 heavy (non-hydrogen) atoms. The minimum atomic E-state index is -0.579. The highest BCUT2D eigenvalue weighted by atomic mass is 32.1. The number of phenols is 1. The molecule has 7 heteroatoms. The predicted octanol–water partition coefficient (Wildman–Crippen LogP) is 3.43. The lowest BCUT2D eigenvalue weighted by atomic mass is 9.73. The average Bonchev–Trinajstić information content (AvgIpc) is 3.31. The van der Waals surface area contributed by atoms with E-state index in [9.17, 15) is 14.7 Å². The minimum absolute atomic E-state index is 0.0154. The molecule has 0 amide bonds. The average molecular weight is 379 g/mol. The predicted molar refractivity (Wildman–Crippen MR) is 103 cm³/mol. The Morgan fingerprint density at radius 3 is 2.67 bits per heavy atom. The fraction of sp³-hybridized carbons (Fsp3) is 0.200. The first-order valence-corrected chi connectivity index (χ1v) is 9.66. The second-order valence-electron chi connectivity index (χ2n) is 6.92. The smallest absolute Gasteiger partial charge is 0.270 e. The number of carbonyl (C=O) groups excluding carboxylic acids is 1. The van der Waals surface area contributed by atoms with E-state index in [1.54, 1.807) is 35.6 Å². The second-order valence-corrected chi connectivity index (χ2v) is 7.90. The van der Waals surface area contributed by atoms with E-state index in [2.05, 4.69) is 21.6 Å². The number of carbonyl (C=O) groups is 1. The highest BCUT2D eigenvalue weighted by molar-refractivity contribution is 7.10. The van der Waals surface area contributed by atoms with Gasteiger partial charge in [0, 0.05) is 34.0 Å². The largest absolute Gasteiger partial charge is 0.508 e. The van der Waals surface area contributed by atoms with Crippen LogP contribution in [-0.4, -0.2) is 21.1 Å². The maximum atomic E-state index is 13.2. The molecule has 2 aromatic heterocycles. The zero-order chi connectivity index (χ0) is 18.5. The Bertz CT molecular complexity index is 1120. The third-order valence-corrected chi connectivity index (χ3v) is 6.40. The van der Waals surface area contributed by atoms with E-state index in [4.69, 9.17) is 0 Å². The number of Topliss-reactive ketones (excluding diaryl/α,β-unsaturated/α-hetero) is 1. The van der Waals surface area contributed by atoms with Gasteiger partial charge in [0.1, 0.15) is 11.6 Å². The van der Waals surface area contributed by atoms with Crippen molar-refractivity contribution in [3.63, 3.8) is 0 Å². The number of para-hydroxylation sites is 1. The van der Waals surface area contributed by atoms with E-state index in [1.165, 1.54) is 4.88 Å². The summed E-state index contributed by atoms with van der Waals surface area (Å²) in [4.78, 5) is 26.8. The normalized spacial score (nSPS) is 21.6. The quantitative estimate of drug-likeness (QED) is 0.548.